The largest absolute Gasteiger partial charge is 0.493 e. The molecule has 2 aromatic carbocycles. The Hall–Kier alpha value is -2.60. The number of carbonyl (C=O) groups excluding carboxylic acids is 1. The average molecular weight is 328 g/mol. The monoisotopic (exact) mass is 328 g/mol. The van der Waals surface area contributed by atoms with Crippen LogP contribution in [0.1, 0.15) is 15.4 Å². The third-order valence-corrected chi connectivity index (χ3v) is 4.42. The first kappa shape index (κ1) is 15.3. The predicted octanol–water partition coefficient (Wildman–Crippen LogP) is 3.24. The van der Waals surface area contributed by atoms with Crippen molar-refractivity contribution >= 4 is 27.5 Å². The normalized spacial score (nSPS) is 10.5. The maximum Gasteiger partial charge on any atom is 0.255 e. The molecule has 6 heteroatoms. The van der Waals surface area contributed by atoms with E-state index < -0.39 is 0 Å². The Labute approximate surface area is 137 Å². The van der Waals surface area contributed by atoms with Crippen molar-refractivity contribution in [3.8, 4) is 11.5 Å². The molecular weight excluding hydrogens is 312 g/mol. The standard InChI is InChI=1S/C17H16N2O3S/c1-21-13-8-5-6-11(16(13)22-2)17(20)18-10-15-19-12-7-3-4-9-14(12)23-15/h3-9H,10H2,1-2H3,(H,18,20). The molecule has 1 N–H and O–H groups in total. The molecule has 23 heavy (non-hydrogen) atoms. The number of hydrogen-bond acceptors (Lipinski definition) is 5. The fourth-order valence-corrected chi connectivity index (χ4v) is 3.22. The van der Waals surface area contributed by atoms with Crippen molar-refractivity contribution in [2.45, 2.75) is 6.54 Å². The molecule has 0 atom stereocenters. The molecule has 118 valence electrons. The van der Waals surface area contributed by atoms with Crippen LogP contribution in [-0.2, 0) is 6.54 Å². The summed E-state index contributed by atoms with van der Waals surface area (Å²) in [4.78, 5) is 16.9. The molecule has 0 aliphatic heterocycles. The zero-order valence-electron chi connectivity index (χ0n) is 12.8. The highest BCUT2D eigenvalue weighted by atomic mass is 32.1. The summed E-state index contributed by atoms with van der Waals surface area (Å²) in [5.74, 6) is 0.733. The molecule has 0 unspecified atom stereocenters. The molecule has 5 nitrogen and oxygen atoms in total. The molecule has 1 amide bonds. The fraction of sp³-hybridized carbons (Fsp3) is 0.176. The molecule has 0 saturated carbocycles. The van der Waals surface area contributed by atoms with E-state index in [1.165, 1.54) is 7.11 Å². The second kappa shape index (κ2) is 6.66. The van der Waals surface area contributed by atoms with Crippen LogP contribution >= 0.6 is 11.3 Å². The average Bonchev–Trinajstić information content (AvgIpc) is 3.01. The fourth-order valence-electron chi connectivity index (χ4n) is 2.31. The van der Waals surface area contributed by atoms with Gasteiger partial charge in [0.2, 0.25) is 0 Å². The number of para-hydroxylation sites is 2. The molecule has 3 rings (SSSR count). The number of amides is 1. The molecule has 3 aromatic rings. The number of benzene rings is 2. The summed E-state index contributed by atoms with van der Waals surface area (Å²) in [6.07, 6.45) is 0. The van der Waals surface area contributed by atoms with Crippen LogP contribution in [0.25, 0.3) is 10.2 Å². The lowest BCUT2D eigenvalue weighted by molar-refractivity contribution is 0.0947. The van der Waals surface area contributed by atoms with Gasteiger partial charge in [-0.2, -0.15) is 0 Å². The van der Waals surface area contributed by atoms with E-state index in [1.54, 1.807) is 36.6 Å². The predicted molar refractivity (Wildman–Crippen MR) is 90.3 cm³/mol. The van der Waals surface area contributed by atoms with Gasteiger partial charge in [-0.05, 0) is 24.3 Å². The summed E-state index contributed by atoms with van der Waals surface area (Å²) < 4.78 is 11.6. The highest BCUT2D eigenvalue weighted by molar-refractivity contribution is 7.18. The Morgan fingerprint density at radius 1 is 1.13 bits per heavy atom. The number of carbonyl (C=O) groups is 1. The summed E-state index contributed by atoms with van der Waals surface area (Å²) in [6, 6.07) is 13.1. The summed E-state index contributed by atoms with van der Waals surface area (Å²) in [6.45, 7) is 0.374. The summed E-state index contributed by atoms with van der Waals surface area (Å²) in [7, 11) is 3.06. The van der Waals surface area contributed by atoms with Gasteiger partial charge in [-0.25, -0.2) is 4.98 Å². The molecule has 0 saturated heterocycles. The maximum absolute atomic E-state index is 12.4. The van der Waals surface area contributed by atoms with Crippen LogP contribution in [0.5, 0.6) is 11.5 Å². The number of methoxy groups -OCH3 is 2. The number of aromatic nitrogens is 1. The number of nitrogens with one attached hydrogen (secondary N) is 1. The van der Waals surface area contributed by atoms with Gasteiger partial charge in [-0.1, -0.05) is 18.2 Å². The van der Waals surface area contributed by atoms with E-state index in [9.17, 15) is 4.79 Å². The molecule has 0 aliphatic carbocycles. The van der Waals surface area contributed by atoms with Crippen molar-refractivity contribution in [3.05, 3.63) is 53.0 Å². The molecule has 1 aromatic heterocycles. The second-order valence-corrected chi connectivity index (χ2v) is 5.91. The van der Waals surface area contributed by atoms with Crippen molar-refractivity contribution in [1.29, 1.82) is 0 Å². The Bertz CT molecular complexity index is 812. The lowest BCUT2D eigenvalue weighted by Crippen LogP contribution is -2.23. The van der Waals surface area contributed by atoms with E-state index in [4.69, 9.17) is 9.47 Å². The zero-order chi connectivity index (χ0) is 16.2. The number of ether oxygens (including phenoxy) is 2. The third-order valence-electron chi connectivity index (χ3n) is 3.39. The van der Waals surface area contributed by atoms with Gasteiger partial charge in [0.05, 0.1) is 36.5 Å². The number of hydrogen-bond donors (Lipinski definition) is 1. The van der Waals surface area contributed by atoms with Crippen molar-refractivity contribution in [1.82, 2.24) is 10.3 Å². The highest BCUT2D eigenvalue weighted by Gasteiger charge is 2.16. The van der Waals surface area contributed by atoms with E-state index in [0.29, 0.717) is 23.6 Å². The first-order valence-corrected chi connectivity index (χ1v) is 7.88. The van der Waals surface area contributed by atoms with E-state index in [2.05, 4.69) is 10.3 Å². The van der Waals surface area contributed by atoms with Crippen LogP contribution in [0.15, 0.2) is 42.5 Å². The van der Waals surface area contributed by atoms with Crippen LogP contribution in [0.4, 0.5) is 0 Å². The molecule has 0 spiro atoms. The van der Waals surface area contributed by atoms with Gasteiger partial charge in [0.25, 0.3) is 5.91 Å². The van der Waals surface area contributed by atoms with Crippen LogP contribution in [0.3, 0.4) is 0 Å². The summed E-state index contributed by atoms with van der Waals surface area (Å²) >= 11 is 1.57. The minimum Gasteiger partial charge on any atom is -0.493 e. The van der Waals surface area contributed by atoms with Gasteiger partial charge in [0.1, 0.15) is 5.01 Å². The van der Waals surface area contributed by atoms with Crippen molar-refractivity contribution in [3.63, 3.8) is 0 Å². The Morgan fingerprint density at radius 2 is 1.96 bits per heavy atom. The van der Waals surface area contributed by atoms with Gasteiger partial charge >= 0.3 is 0 Å². The van der Waals surface area contributed by atoms with Crippen LogP contribution < -0.4 is 14.8 Å². The number of rotatable bonds is 5. The number of nitrogens with zero attached hydrogens (tertiary/aromatic N) is 1. The minimum absolute atomic E-state index is 0.222. The quantitative estimate of drug-likeness (QED) is 0.781. The Morgan fingerprint density at radius 3 is 2.70 bits per heavy atom. The van der Waals surface area contributed by atoms with Crippen molar-refractivity contribution in [2.75, 3.05) is 14.2 Å². The third kappa shape index (κ3) is 3.12. The summed E-state index contributed by atoms with van der Waals surface area (Å²) in [5.41, 5.74) is 1.38. The first-order chi connectivity index (χ1) is 11.2. The lowest BCUT2D eigenvalue weighted by atomic mass is 10.1. The van der Waals surface area contributed by atoms with Gasteiger partial charge in [-0.15, -0.1) is 11.3 Å². The molecular formula is C17H16N2O3S. The molecule has 1 heterocycles. The number of fused-ring (bicyclic) bond motifs is 1. The lowest BCUT2D eigenvalue weighted by Gasteiger charge is -2.12. The minimum atomic E-state index is -0.222. The van der Waals surface area contributed by atoms with Gasteiger partial charge < -0.3 is 14.8 Å². The molecule has 0 radical (unpaired) electrons. The maximum atomic E-state index is 12.4. The molecule has 0 aliphatic rings. The SMILES string of the molecule is COc1cccc(C(=O)NCc2nc3ccccc3s2)c1OC. The Balaban J connectivity index is 1.77. The van der Waals surface area contributed by atoms with Crippen LogP contribution in [-0.4, -0.2) is 25.1 Å². The van der Waals surface area contributed by atoms with E-state index in [-0.39, 0.29) is 5.91 Å². The highest BCUT2D eigenvalue weighted by Crippen LogP contribution is 2.30. The smallest absolute Gasteiger partial charge is 0.255 e. The van der Waals surface area contributed by atoms with E-state index >= 15 is 0 Å². The zero-order valence-corrected chi connectivity index (χ0v) is 13.6. The van der Waals surface area contributed by atoms with Crippen molar-refractivity contribution in [2.24, 2.45) is 0 Å². The Kier molecular flexibility index (Phi) is 4.43. The first-order valence-electron chi connectivity index (χ1n) is 7.06. The van der Waals surface area contributed by atoms with Crippen LogP contribution in [0.2, 0.25) is 0 Å². The van der Waals surface area contributed by atoms with Crippen molar-refractivity contribution < 1.29 is 14.3 Å². The topological polar surface area (TPSA) is 60.5 Å². The van der Waals surface area contributed by atoms with Gasteiger partial charge in [0, 0.05) is 0 Å². The van der Waals surface area contributed by atoms with E-state index in [0.717, 1.165) is 15.2 Å². The molecule has 0 fully saturated rings. The molecule has 0 bridgehead atoms. The number of thiazole rings is 1. The van der Waals surface area contributed by atoms with Gasteiger partial charge in [-0.3, -0.25) is 4.79 Å². The summed E-state index contributed by atoms with van der Waals surface area (Å²) in [5, 5.41) is 3.74. The van der Waals surface area contributed by atoms with E-state index in [1.807, 2.05) is 24.3 Å². The second-order valence-electron chi connectivity index (χ2n) is 4.80. The van der Waals surface area contributed by atoms with Crippen LogP contribution in [0, 0.1) is 0 Å². The van der Waals surface area contributed by atoms with Gasteiger partial charge in [0.15, 0.2) is 11.5 Å².